The zero-order chi connectivity index (χ0) is 18.5. The summed E-state index contributed by atoms with van der Waals surface area (Å²) in [6.07, 6.45) is 0. The van der Waals surface area contributed by atoms with E-state index in [2.05, 4.69) is 5.32 Å². The number of nitrogens with one attached hydrogen (secondary N) is 1. The number of hydrogen-bond acceptors (Lipinski definition) is 7. The van der Waals surface area contributed by atoms with Gasteiger partial charge in [0.05, 0.1) is 66.1 Å². The molecule has 0 saturated carbocycles. The van der Waals surface area contributed by atoms with Gasteiger partial charge in [0.1, 0.15) is 12.4 Å². The molecule has 7 nitrogen and oxygen atoms in total. The van der Waals surface area contributed by atoms with Gasteiger partial charge in [0, 0.05) is 6.54 Å². The number of benzene rings is 1. The van der Waals surface area contributed by atoms with Gasteiger partial charge in [-0.15, -0.1) is 0 Å². The molecule has 26 heavy (non-hydrogen) atoms. The minimum atomic E-state index is 0.535. The number of rotatable bonds is 19. The van der Waals surface area contributed by atoms with Gasteiger partial charge in [-0.2, -0.15) is 0 Å². The summed E-state index contributed by atoms with van der Waals surface area (Å²) >= 11 is 0. The molecule has 0 aliphatic carbocycles. The third-order valence-electron chi connectivity index (χ3n) is 3.22. The van der Waals surface area contributed by atoms with E-state index in [-0.39, 0.29) is 0 Å². The maximum absolute atomic E-state index is 5.52. The van der Waals surface area contributed by atoms with E-state index in [1.54, 1.807) is 0 Å². The van der Waals surface area contributed by atoms with Gasteiger partial charge in [-0.25, -0.2) is 0 Å². The summed E-state index contributed by atoms with van der Waals surface area (Å²) in [5.74, 6) is 0.856. The van der Waals surface area contributed by atoms with Gasteiger partial charge in [-0.05, 0) is 19.2 Å². The fourth-order valence-corrected chi connectivity index (χ4v) is 1.89. The SMILES string of the molecule is CNCCOCCOCCOCCOCCOCCOc1ccccc1. The fourth-order valence-electron chi connectivity index (χ4n) is 1.89. The zero-order valence-corrected chi connectivity index (χ0v) is 15.8. The number of hydrogen-bond donors (Lipinski definition) is 1. The molecular weight excluding hydrogens is 338 g/mol. The highest BCUT2D eigenvalue weighted by molar-refractivity contribution is 5.20. The molecule has 0 spiro atoms. The average Bonchev–Trinajstić information content (AvgIpc) is 2.68. The topological polar surface area (TPSA) is 67.4 Å². The third kappa shape index (κ3) is 15.1. The number of para-hydroxylation sites is 1. The van der Waals surface area contributed by atoms with Crippen LogP contribution in [-0.4, -0.2) is 86.3 Å². The van der Waals surface area contributed by atoms with Crippen LogP contribution in [0, 0.1) is 0 Å². The van der Waals surface area contributed by atoms with Crippen LogP contribution in [0.4, 0.5) is 0 Å². The molecule has 0 bridgehead atoms. The molecule has 0 aromatic heterocycles. The zero-order valence-electron chi connectivity index (χ0n) is 15.8. The first-order chi connectivity index (χ1) is 12.9. The molecule has 0 radical (unpaired) electrons. The Morgan fingerprint density at radius 2 is 1.00 bits per heavy atom. The Bertz CT molecular complexity index is 393. The van der Waals surface area contributed by atoms with Crippen molar-refractivity contribution in [2.75, 3.05) is 86.3 Å². The lowest BCUT2D eigenvalue weighted by Gasteiger charge is -2.08. The van der Waals surface area contributed by atoms with E-state index in [0.29, 0.717) is 72.7 Å². The molecule has 0 fully saturated rings. The van der Waals surface area contributed by atoms with Crippen molar-refractivity contribution in [3.8, 4) is 5.75 Å². The van der Waals surface area contributed by atoms with Gasteiger partial charge >= 0.3 is 0 Å². The van der Waals surface area contributed by atoms with E-state index < -0.39 is 0 Å². The van der Waals surface area contributed by atoms with Crippen molar-refractivity contribution in [1.29, 1.82) is 0 Å². The lowest BCUT2D eigenvalue weighted by molar-refractivity contribution is -0.0124. The molecule has 0 atom stereocenters. The predicted molar refractivity (Wildman–Crippen MR) is 100.0 cm³/mol. The monoisotopic (exact) mass is 371 g/mol. The van der Waals surface area contributed by atoms with Crippen LogP contribution >= 0.6 is 0 Å². The second kappa shape index (κ2) is 18.6. The molecule has 150 valence electrons. The first-order valence-corrected chi connectivity index (χ1v) is 9.14. The average molecular weight is 371 g/mol. The summed E-state index contributed by atoms with van der Waals surface area (Å²) in [5, 5.41) is 3.02. The lowest BCUT2D eigenvalue weighted by Crippen LogP contribution is -2.17. The van der Waals surface area contributed by atoms with Crippen LogP contribution in [0.3, 0.4) is 0 Å². The van der Waals surface area contributed by atoms with Gasteiger partial charge < -0.3 is 33.7 Å². The third-order valence-corrected chi connectivity index (χ3v) is 3.22. The second-order valence-corrected chi connectivity index (χ2v) is 5.33. The van der Waals surface area contributed by atoms with Crippen molar-refractivity contribution in [3.63, 3.8) is 0 Å². The van der Waals surface area contributed by atoms with Crippen molar-refractivity contribution in [2.24, 2.45) is 0 Å². The van der Waals surface area contributed by atoms with Crippen LogP contribution in [0.15, 0.2) is 30.3 Å². The fraction of sp³-hybridized carbons (Fsp3) is 0.684. The molecule has 7 heteroatoms. The van der Waals surface area contributed by atoms with Gasteiger partial charge in [0.15, 0.2) is 0 Å². The summed E-state index contributed by atoms with van der Waals surface area (Å²) < 4.78 is 32.5. The van der Waals surface area contributed by atoms with Crippen LogP contribution in [0.25, 0.3) is 0 Å². The Labute approximate surface area is 156 Å². The van der Waals surface area contributed by atoms with E-state index in [4.69, 9.17) is 28.4 Å². The maximum Gasteiger partial charge on any atom is 0.119 e. The first-order valence-electron chi connectivity index (χ1n) is 9.14. The Kier molecular flexibility index (Phi) is 16.3. The van der Waals surface area contributed by atoms with Gasteiger partial charge in [-0.3, -0.25) is 0 Å². The highest BCUT2D eigenvalue weighted by Gasteiger charge is 1.94. The van der Waals surface area contributed by atoms with E-state index >= 15 is 0 Å². The molecular formula is C19H33NO6. The maximum atomic E-state index is 5.52. The van der Waals surface area contributed by atoms with Gasteiger partial charge in [0.2, 0.25) is 0 Å². The molecule has 1 rings (SSSR count). The molecule has 0 unspecified atom stereocenters. The summed E-state index contributed by atoms with van der Waals surface area (Å²) in [4.78, 5) is 0. The quantitative estimate of drug-likeness (QED) is 0.368. The second-order valence-electron chi connectivity index (χ2n) is 5.33. The van der Waals surface area contributed by atoms with Crippen LogP contribution in [0.1, 0.15) is 0 Å². The van der Waals surface area contributed by atoms with Crippen molar-refractivity contribution in [2.45, 2.75) is 0 Å². The summed E-state index contributed by atoms with van der Waals surface area (Å²) in [6, 6.07) is 9.69. The van der Waals surface area contributed by atoms with Crippen molar-refractivity contribution in [1.82, 2.24) is 5.32 Å². The minimum absolute atomic E-state index is 0.535. The minimum Gasteiger partial charge on any atom is -0.491 e. The Balaban J connectivity index is 1.68. The van der Waals surface area contributed by atoms with Gasteiger partial charge in [0.25, 0.3) is 0 Å². The first kappa shape index (κ1) is 22.8. The van der Waals surface area contributed by atoms with E-state index in [9.17, 15) is 0 Å². The summed E-state index contributed by atoms with van der Waals surface area (Å²) in [5.41, 5.74) is 0. The molecule has 1 aromatic carbocycles. The van der Waals surface area contributed by atoms with E-state index in [0.717, 1.165) is 12.3 Å². The number of likely N-dealkylation sites (N-methyl/N-ethyl adjacent to an activating group) is 1. The predicted octanol–water partition coefficient (Wildman–Crippen LogP) is 1.37. The van der Waals surface area contributed by atoms with E-state index in [1.807, 2.05) is 37.4 Å². The molecule has 0 saturated heterocycles. The molecule has 0 heterocycles. The lowest BCUT2D eigenvalue weighted by atomic mass is 10.3. The Morgan fingerprint density at radius 1 is 0.577 bits per heavy atom. The Hall–Kier alpha value is -1.22. The van der Waals surface area contributed by atoms with Gasteiger partial charge in [-0.1, -0.05) is 18.2 Å². The molecule has 1 N–H and O–H groups in total. The Morgan fingerprint density at radius 3 is 1.46 bits per heavy atom. The molecule has 0 aliphatic rings. The van der Waals surface area contributed by atoms with Crippen LogP contribution in [0.2, 0.25) is 0 Å². The summed E-state index contributed by atoms with van der Waals surface area (Å²) in [7, 11) is 1.90. The largest absolute Gasteiger partial charge is 0.491 e. The van der Waals surface area contributed by atoms with Crippen molar-refractivity contribution in [3.05, 3.63) is 30.3 Å². The molecule has 1 aromatic rings. The van der Waals surface area contributed by atoms with Crippen LogP contribution in [0.5, 0.6) is 5.75 Å². The van der Waals surface area contributed by atoms with Crippen LogP contribution < -0.4 is 10.1 Å². The number of ether oxygens (including phenoxy) is 6. The highest BCUT2D eigenvalue weighted by atomic mass is 16.6. The summed E-state index contributed by atoms with van der Waals surface area (Å²) in [6.45, 7) is 7.19. The van der Waals surface area contributed by atoms with Crippen molar-refractivity contribution < 1.29 is 28.4 Å². The van der Waals surface area contributed by atoms with Crippen LogP contribution in [-0.2, 0) is 23.7 Å². The van der Waals surface area contributed by atoms with E-state index in [1.165, 1.54) is 0 Å². The highest BCUT2D eigenvalue weighted by Crippen LogP contribution is 2.07. The smallest absolute Gasteiger partial charge is 0.119 e. The van der Waals surface area contributed by atoms with Crippen molar-refractivity contribution >= 4 is 0 Å². The standard InChI is InChI=1S/C19H33NO6/c1-20-7-8-21-9-10-22-11-12-23-13-14-24-15-16-25-17-18-26-19-5-3-2-4-6-19/h2-6,20H,7-18H2,1H3. The molecule has 0 amide bonds. The molecule has 0 aliphatic heterocycles. The normalized spacial score (nSPS) is 11.0.